The Hall–Kier alpha value is -2.37. The fourth-order valence-electron chi connectivity index (χ4n) is 1.97. The molecular formula is C13H15N3O3. The smallest absolute Gasteiger partial charge is 0.356 e. The Kier molecular flexibility index (Phi) is 3.50. The van der Waals surface area contributed by atoms with Gasteiger partial charge in [0.05, 0.1) is 19.3 Å². The van der Waals surface area contributed by atoms with Gasteiger partial charge in [0.15, 0.2) is 5.69 Å². The molecule has 0 saturated carbocycles. The number of ether oxygens (including phenoxy) is 1. The van der Waals surface area contributed by atoms with E-state index in [0.717, 1.165) is 11.1 Å². The number of carboxylic acid groups (broad SMARTS) is 1. The Bertz CT molecular complexity index is 620. The highest BCUT2D eigenvalue weighted by molar-refractivity contribution is 5.86. The first-order valence-corrected chi connectivity index (χ1v) is 5.80. The predicted molar refractivity (Wildman–Crippen MR) is 68.6 cm³/mol. The maximum Gasteiger partial charge on any atom is 0.356 e. The van der Waals surface area contributed by atoms with Crippen LogP contribution in [0.4, 0.5) is 0 Å². The monoisotopic (exact) mass is 261 g/mol. The summed E-state index contributed by atoms with van der Waals surface area (Å²) in [4.78, 5) is 11.2. The minimum absolute atomic E-state index is 0.101. The van der Waals surface area contributed by atoms with Gasteiger partial charge < -0.3 is 9.84 Å². The summed E-state index contributed by atoms with van der Waals surface area (Å²) >= 11 is 0. The fraction of sp³-hybridized carbons (Fsp3) is 0.308. The van der Waals surface area contributed by atoms with E-state index < -0.39 is 5.97 Å². The van der Waals surface area contributed by atoms with E-state index in [1.807, 2.05) is 25.1 Å². The molecule has 2 rings (SSSR count). The van der Waals surface area contributed by atoms with Crippen LogP contribution in [0.3, 0.4) is 0 Å². The second-order valence-corrected chi connectivity index (χ2v) is 4.30. The summed E-state index contributed by atoms with van der Waals surface area (Å²) in [6.07, 6.45) is 0. The Labute approximate surface area is 110 Å². The first kappa shape index (κ1) is 13.1. The highest BCUT2D eigenvalue weighted by Gasteiger charge is 2.17. The van der Waals surface area contributed by atoms with Gasteiger partial charge in [0.2, 0.25) is 0 Å². The minimum Gasteiger partial charge on any atom is -0.496 e. The van der Waals surface area contributed by atoms with Crippen LogP contribution in [0, 0.1) is 13.8 Å². The van der Waals surface area contributed by atoms with Crippen molar-refractivity contribution in [2.24, 2.45) is 0 Å². The normalized spacial score (nSPS) is 10.5. The van der Waals surface area contributed by atoms with E-state index in [1.54, 1.807) is 14.0 Å². The predicted octanol–water partition coefficient (Wildman–Crippen LogP) is 1.65. The van der Waals surface area contributed by atoms with Gasteiger partial charge in [0.1, 0.15) is 5.75 Å². The van der Waals surface area contributed by atoms with Crippen molar-refractivity contribution in [3.8, 4) is 5.75 Å². The molecule has 0 spiro atoms. The van der Waals surface area contributed by atoms with E-state index in [2.05, 4.69) is 10.3 Å². The van der Waals surface area contributed by atoms with Crippen molar-refractivity contribution in [3.63, 3.8) is 0 Å². The molecule has 100 valence electrons. The summed E-state index contributed by atoms with van der Waals surface area (Å²) in [7, 11) is 1.58. The first-order valence-electron chi connectivity index (χ1n) is 5.80. The van der Waals surface area contributed by atoms with Crippen LogP contribution in [0.5, 0.6) is 5.75 Å². The molecule has 2 aromatic rings. The third-order valence-electron chi connectivity index (χ3n) is 2.86. The summed E-state index contributed by atoms with van der Waals surface area (Å²) in [5.74, 6) is -0.329. The molecule has 1 N–H and O–H groups in total. The summed E-state index contributed by atoms with van der Waals surface area (Å²) in [6.45, 7) is 3.90. The van der Waals surface area contributed by atoms with Crippen molar-refractivity contribution < 1.29 is 14.6 Å². The molecule has 0 saturated heterocycles. The number of aromatic carboxylic acids is 1. The Morgan fingerprint density at radius 2 is 2.16 bits per heavy atom. The first-order chi connectivity index (χ1) is 9.02. The summed E-state index contributed by atoms with van der Waals surface area (Å²) in [5.41, 5.74) is 2.45. The number of benzene rings is 1. The largest absolute Gasteiger partial charge is 0.496 e. The molecule has 0 bridgehead atoms. The molecular weight excluding hydrogens is 246 g/mol. The zero-order valence-corrected chi connectivity index (χ0v) is 11.0. The van der Waals surface area contributed by atoms with Crippen molar-refractivity contribution in [3.05, 3.63) is 40.7 Å². The number of hydrogen-bond acceptors (Lipinski definition) is 4. The highest BCUT2D eigenvalue weighted by atomic mass is 16.5. The third-order valence-corrected chi connectivity index (χ3v) is 2.86. The standard InChI is InChI=1S/C13H15N3O3/c1-8-4-5-11(19-3)10(6-8)7-16-12(13(17)18)9(2)14-15-16/h4-6H,7H2,1-3H3,(H,17,18). The Morgan fingerprint density at radius 1 is 1.42 bits per heavy atom. The zero-order chi connectivity index (χ0) is 14.0. The van der Waals surface area contributed by atoms with E-state index in [1.165, 1.54) is 4.68 Å². The molecule has 6 heteroatoms. The molecule has 0 atom stereocenters. The van der Waals surface area contributed by atoms with Gasteiger partial charge in [-0.2, -0.15) is 0 Å². The second kappa shape index (κ2) is 5.09. The van der Waals surface area contributed by atoms with Crippen LogP contribution in [-0.2, 0) is 6.54 Å². The molecule has 0 unspecified atom stereocenters. The maximum atomic E-state index is 11.2. The Morgan fingerprint density at radius 3 is 2.79 bits per heavy atom. The average Bonchev–Trinajstić information content (AvgIpc) is 2.71. The van der Waals surface area contributed by atoms with E-state index in [9.17, 15) is 4.79 Å². The van der Waals surface area contributed by atoms with E-state index >= 15 is 0 Å². The van der Waals surface area contributed by atoms with Gasteiger partial charge in [-0.1, -0.05) is 22.9 Å². The molecule has 6 nitrogen and oxygen atoms in total. The van der Waals surface area contributed by atoms with Crippen LogP contribution < -0.4 is 4.74 Å². The number of methoxy groups -OCH3 is 1. The molecule has 1 aromatic carbocycles. The molecule has 0 radical (unpaired) electrons. The average molecular weight is 261 g/mol. The number of rotatable bonds is 4. The molecule has 0 aliphatic carbocycles. The summed E-state index contributed by atoms with van der Waals surface area (Å²) in [6, 6.07) is 5.74. The van der Waals surface area contributed by atoms with E-state index in [-0.39, 0.29) is 5.69 Å². The van der Waals surface area contributed by atoms with Crippen LogP contribution in [0.1, 0.15) is 27.3 Å². The van der Waals surface area contributed by atoms with Crippen molar-refractivity contribution in [1.29, 1.82) is 0 Å². The maximum absolute atomic E-state index is 11.2. The summed E-state index contributed by atoms with van der Waals surface area (Å²) in [5, 5.41) is 16.8. The van der Waals surface area contributed by atoms with Crippen molar-refractivity contribution >= 4 is 5.97 Å². The minimum atomic E-state index is -1.03. The SMILES string of the molecule is COc1ccc(C)cc1Cn1nnc(C)c1C(=O)O. The third kappa shape index (κ3) is 2.57. The van der Waals surface area contributed by atoms with Crippen LogP contribution >= 0.6 is 0 Å². The molecule has 1 aromatic heterocycles. The lowest BCUT2D eigenvalue weighted by Gasteiger charge is -2.10. The summed E-state index contributed by atoms with van der Waals surface area (Å²) < 4.78 is 6.64. The van der Waals surface area contributed by atoms with Gasteiger partial charge in [-0.05, 0) is 19.9 Å². The lowest BCUT2D eigenvalue weighted by Crippen LogP contribution is -2.12. The van der Waals surface area contributed by atoms with Crippen molar-refractivity contribution in [2.45, 2.75) is 20.4 Å². The van der Waals surface area contributed by atoms with Gasteiger partial charge in [-0.25, -0.2) is 9.48 Å². The number of carbonyl (C=O) groups is 1. The van der Waals surface area contributed by atoms with Gasteiger partial charge in [-0.15, -0.1) is 5.10 Å². The van der Waals surface area contributed by atoms with Gasteiger partial charge in [0, 0.05) is 5.56 Å². The second-order valence-electron chi connectivity index (χ2n) is 4.30. The topological polar surface area (TPSA) is 77.2 Å². The van der Waals surface area contributed by atoms with Gasteiger partial charge in [-0.3, -0.25) is 0 Å². The van der Waals surface area contributed by atoms with Crippen LogP contribution in [-0.4, -0.2) is 33.2 Å². The van der Waals surface area contributed by atoms with Gasteiger partial charge in [0.25, 0.3) is 0 Å². The molecule has 0 fully saturated rings. The number of nitrogens with zero attached hydrogens (tertiary/aromatic N) is 3. The highest BCUT2D eigenvalue weighted by Crippen LogP contribution is 2.21. The Balaban J connectivity index is 2.41. The lowest BCUT2D eigenvalue weighted by molar-refractivity contribution is 0.0683. The van der Waals surface area contributed by atoms with Crippen LogP contribution in [0.2, 0.25) is 0 Å². The molecule has 0 aliphatic rings. The fourth-order valence-corrected chi connectivity index (χ4v) is 1.97. The quantitative estimate of drug-likeness (QED) is 0.905. The van der Waals surface area contributed by atoms with Crippen LogP contribution in [0.25, 0.3) is 0 Å². The number of aromatic nitrogens is 3. The number of carboxylic acids is 1. The van der Waals surface area contributed by atoms with Gasteiger partial charge >= 0.3 is 5.97 Å². The van der Waals surface area contributed by atoms with Crippen LogP contribution in [0.15, 0.2) is 18.2 Å². The van der Waals surface area contributed by atoms with Crippen molar-refractivity contribution in [2.75, 3.05) is 7.11 Å². The number of aryl methyl sites for hydroxylation is 2. The number of hydrogen-bond donors (Lipinski definition) is 1. The van der Waals surface area contributed by atoms with E-state index in [4.69, 9.17) is 9.84 Å². The van der Waals surface area contributed by atoms with Crippen molar-refractivity contribution in [1.82, 2.24) is 15.0 Å². The van der Waals surface area contributed by atoms with E-state index in [0.29, 0.717) is 18.0 Å². The molecule has 19 heavy (non-hydrogen) atoms. The molecule has 0 amide bonds. The zero-order valence-electron chi connectivity index (χ0n) is 11.0. The molecule has 1 heterocycles. The molecule has 0 aliphatic heterocycles. The lowest BCUT2D eigenvalue weighted by atomic mass is 10.1.